The van der Waals surface area contributed by atoms with Crippen molar-refractivity contribution < 1.29 is 18.5 Å². The van der Waals surface area contributed by atoms with Crippen molar-refractivity contribution in [3.05, 3.63) is 29.7 Å². The summed E-state index contributed by atoms with van der Waals surface area (Å²) in [7, 11) is 0. The molecule has 27 heavy (non-hydrogen) atoms. The molecule has 1 saturated heterocycles. The Kier molecular flexibility index (Phi) is 4.21. The summed E-state index contributed by atoms with van der Waals surface area (Å²) in [6.07, 6.45) is 3.20. The van der Waals surface area contributed by atoms with Crippen LogP contribution in [-0.2, 0) is 21.4 Å². The first-order valence-corrected chi connectivity index (χ1v) is 9.98. The van der Waals surface area contributed by atoms with Gasteiger partial charge in [-0.3, -0.25) is 18.9 Å². The lowest BCUT2D eigenvalue weighted by molar-refractivity contribution is -0.117. The quantitative estimate of drug-likeness (QED) is 0.728. The highest BCUT2D eigenvalue weighted by Crippen LogP contribution is 2.52. The van der Waals surface area contributed by atoms with Gasteiger partial charge >= 0.3 is 0 Å². The van der Waals surface area contributed by atoms with Gasteiger partial charge in [0.15, 0.2) is 5.82 Å². The van der Waals surface area contributed by atoms with E-state index in [1.54, 1.807) is 0 Å². The van der Waals surface area contributed by atoms with Gasteiger partial charge in [-0.15, -0.1) is 0 Å². The maximum absolute atomic E-state index is 15.2. The Morgan fingerprint density at radius 2 is 2.15 bits per heavy atom. The summed E-state index contributed by atoms with van der Waals surface area (Å²) in [5.74, 6) is -1.09. The summed E-state index contributed by atoms with van der Waals surface area (Å²) in [6.45, 7) is 4.06. The first-order valence-electron chi connectivity index (χ1n) is 8.87. The molecule has 1 aromatic carbocycles. The number of aromatic amines is 1. The fourth-order valence-corrected chi connectivity index (χ4v) is 4.72. The molecule has 3 N–H and O–H groups in total. The highest BCUT2D eigenvalue weighted by atomic mass is 32.2. The van der Waals surface area contributed by atoms with Crippen LogP contribution in [0.4, 0.5) is 10.1 Å². The molecule has 144 valence electrons. The summed E-state index contributed by atoms with van der Waals surface area (Å²) < 4.78 is 30.4. The van der Waals surface area contributed by atoms with Crippen molar-refractivity contribution in [1.29, 1.82) is 0 Å². The zero-order valence-corrected chi connectivity index (χ0v) is 15.9. The van der Waals surface area contributed by atoms with E-state index >= 15 is 4.39 Å². The second-order valence-electron chi connectivity index (χ2n) is 7.65. The number of nitrogens with one attached hydrogen (secondary N) is 2. The molecule has 7 nitrogen and oxygen atoms in total. The minimum atomic E-state index is -1.93. The molecule has 0 radical (unpaired) electrons. The van der Waals surface area contributed by atoms with Crippen LogP contribution < -0.4 is 9.03 Å². The van der Waals surface area contributed by atoms with Gasteiger partial charge in [-0.05, 0) is 43.4 Å². The molecule has 1 aromatic heterocycles. The molecular weight excluding hydrogens is 371 g/mol. The third-order valence-corrected chi connectivity index (χ3v) is 6.22. The fourth-order valence-electron chi connectivity index (χ4n) is 3.77. The SMILES string of the molecule is CC(C)CC1(c2cc(-c3ccc(O)c(N4CC(=O)NS4=O)c3F)n[nH]2)CC1. The molecule has 2 heterocycles. The van der Waals surface area contributed by atoms with Crippen molar-refractivity contribution in [2.75, 3.05) is 10.8 Å². The van der Waals surface area contributed by atoms with E-state index in [1.807, 2.05) is 6.07 Å². The lowest BCUT2D eigenvalue weighted by atomic mass is 9.91. The predicted octanol–water partition coefficient (Wildman–Crippen LogP) is 2.51. The number of hydrogen-bond donors (Lipinski definition) is 3. The lowest BCUT2D eigenvalue weighted by Gasteiger charge is -2.17. The number of rotatable bonds is 5. The molecule has 1 aliphatic heterocycles. The smallest absolute Gasteiger partial charge is 0.253 e. The summed E-state index contributed by atoms with van der Waals surface area (Å²) in [6, 6.07) is 4.60. The molecule has 1 amide bonds. The van der Waals surface area contributed by atoms with E-state index in [4.69, 9.17) is 0 Å². The van der Waals surface area contributed by atoms with Gasteiger partial charge in [0.25, 0.3) is 5.91 Å². The molecule has 1 unspecified atom stereocenters. The predicted molar refractivity (Wildman–Crippen MR) is 99.6 cm³/mol. The average molecular weight is 392 g/mol. The van der Waals surface area contributed by atoms with Crippen LogP contribution in [0.2, 0.25) is 0 Å². The van der Waals surface area contributed by atoms with Gasteiger partial charge in [0.2, 0.25) is 11.2 Å². The molecule has 2 aliphatic rings. The number of amides is 1. The molecule has 2 aromatic rings. The van der Waals surface area contributed by atoms with Crippen molar-refractivity contribution >= 4 is 22.8 Å². The summed E-state index contributed by atoms with van der Waals surface area (Å²) in [5.41, 5.74) is 1.41. The van der Waals surface area contributed by atoms with Gasteiger partial charge in [-0.1, -0.05) is 13.8 Å². The van der Waals surface area contributed by atoms with Crippen molar-refractivity contribution in [3.8, 4) is 17.0 Å². The largest absolute Gasteiger partial charge is 0.506 e. The summed E-state index contributed by atoms with van der Waals surface area (Å²) in [4.78, 5) is 11.5. The van der Waals surface area contributed by atoms with E-state index in [1.165, 1.54) is 12.1 Å². The van der Waals surface area contributed by atoms with Crippen LogP contribution in [0.15, 0.2) is 18.2 Å². The van der Waals surface area contributed by atoms with Crippen LogP contribution in [0.5, 0.6) is 5.75 Å². The normalized spacial score (nSPS) is 21.0. The van der Waals surface area contributed by atoms with E-state index in [0.717, 1.165) is 29.3 Å². The topological polar surface area (TPSA) is 98.3 Å². The second-order valence-corrected chi connectivity index (χ2v) is 8.79. The fraction of sp³-hybridized carbons (Fsp3) is 0.444. The minimum Gasteiger partial charge on any atom is -0.506 e. The molecule has 0 bridgehead atoms. The minimum absolute atomic E-state index is 0.0857. The van der Waals surface area contributed by atoms with E-state index in [-0.39, 0.29) is 29.0 Å². The first-order chi connectivity index (χ1) is 12.8. The van der Waals surface area contributed by atoms with Gasteiger partial charge in [0.05, 0.1) is 5.69 Å². The molecule has 9 heteroatoms. The number of phenolic OH excluding ortho intramolecular Hbond substituents is 1. The van der Waals surface area contributed by atoms with Gasteiger partial charge in [0.1, 0.15) is 18.0 Å². The number of nitrogens with zero attached hydrogens (tertiary/aromatic N) is 2. The first kappa shape index (κ1) is 18.0. The van der Waals surface area contributed by atoms with Crippen molar-refractivity contribution in [2.24, 2.45) is 5.92 Å². The van der Waals surface area contributed by atoms with Gasteiger partial charge in [0, 0.05) is 16.7 Å². The number of phenols is 1. The van der Waals surface area contributed by atoms with Crippen LogP contribution in [-0.4, -0.2) is 32.0 Å². The third kappa shape index (κ3) is 3.09. The van der Waals surface area contributed by atoms with Crippen LogP contribution in [0.3, 0.4) is 0 Å². The zero-order valence-electron chi connectivity index (χ0n) is 15.1. The number of hydrogen-bond acceptors (Lipinski definition) is 4. The number of H-pyrrole nitrogens is 1. The number of aromatic hydroxyl groups is 1. The van der Waals surface area contributed by atoms with Gasteiger partial charge in [-0.2, -0.15) is 5.10 Å². The van der Waals surface area contributed by atoms with E-state index in [2.05, 4.69) is 28.8 Å². The van der Waals surface area contributed by atoms with Crippen molar-refractivity contribution in [1.82, 2.24) is 14.9 Å². The molecular formula is C18H21FN4O3S. The zero-order chi connectivity index (χ0) is 19.3. The van der Waals surface area contributed by atoms with Gasteiger partial charge < -0.3 is 5.11 Å². The average Bonchev–Trinajstić information content (AvgIpc) is 3.04. The van der Waals surface area contributed by atoms with Crippen LogP contribution in [0.1, 0.15) is 38.8 Å². The Morgan fingerprint density at radius 1 is 1.41 bits per heavy atom. The monoisotopic (exact) mass is 392 g/mol. The Morgan fingerprint density at radius 3 is 2.74 bits per heavy atom. The van der Waals surface area contributed by atoms with Crippen LogP contribution in [0.25, 0.3) is 11.3 Å². The van der Waals surface area contributed by atoms with Gasteiger partial charge in [-0.25, -0.2) is 8.60 Å². The van der Waals surface area contributed by atoms with Crippen molar-refractivity contribution in [3.63, 3.8) is 0 Å². The summed E-state index contributed by atoms with van der Waals surface area (Å²) in [5, 5.41) is 17.4. The van der Waals surface area contributed by atoms with Crippen molar-refractivity contribution in [2.45, 2.75) is 38.5 Å². The number of benzene rings is 1. The highest BCUT2D eigenvalue weighted by molar-refractivity contribution is 7.85. The molecule has 1 saturated carbocycles. The molecule has 0 spiro atoms. The molecule has 1 aliphatic carbocycles. The number of anilines is 1. The Bertz CT molecular complexity index is 939. The highest BCUT2D eigenvalue weighted by Gasteiger charge is 2.46. The Balaban J connectivity index is 1.71. The third-order valence-electron chi connectivity index (χ3n) is 5.11. The summed E-state index contributed by atoms with van der Waals surface area (Å²) >= 11 is -1.93. The molecule has 4 rings (SSSR count). The standard InChI is InChI=1S/C18H21FN4O3S/c1-10(2)8-18(5-6-18)14-7-12(20-21-14)11-3-4-13(24)17(16(11)19)23-9-15(25)22-27(23)26/h3-4,7,10,24H,5-6,8-9H2,1-2H3,(H,20,21)(H,22,25). The Hall–Kier alpha value is -2.42. The maximum Gasteiger partial charge on any atom is 0.253 e. The number of halogens is 1. The van der Waals surface area contributed by atoms with E-state index in [0.29, 0.717) is 11.6 Å². The number of aromatic nitrogens is 2. The molecule has 1 atom stereocenters. The molecule has 2 fully saturated rings. The lowest BCUT2D eigenvalue weighted by Crippen LogP contribution is -2.23. The van der Waals surface area contributed by atoms with E-state index < -0.39 is 22.9 Å². The maximum atomic E-state index is 15.2. The van der Waals surface area contributed by atoms with Crippen LogP contribution >= 0.6 is 0 Å². The Labute approximate surface area is 158 Å². The van der Waals surface area contributed by atoms with Crippen LogP contribution in [0, 0.1) is 11.7 Å². The van der Waals surface area contributed by atoms with E-state index in [9.17, 15) is 14.1 Å². The number of carbonyl (C=O) groups is 1. The second kappa shape index (κ2) is 6.33. The number of carbonyl (C=O) groups excluding carboxylic acids is 1.